The van der Waals surface area contributed by atoms with E-state index in [0.29, 0.717) is 12.8 Å². The van der Waals surface area contributed by atoms with Crippen LogP contribution in [0.3, 0.4) is 0 Å². The topological polar surface area (TPSA) is 50.4 Å². The Morgan fingerprint density at radius 2 is 2.40 bits per heavy atom. The normalized spacial score (nSPS) is 18.6. The van der Waals surface area contributed by atoms with E-state index >= 15 is 0 Å². The second kappa shape index (κ2) is 7.24. The van der Waals surface area contributed by atoms with Gasteiger partial charge in [0, 0.05) is 19.0 Å². The minimum absolute atomic E-state index is 0.0231. The van der Waals surface area contributed by atoms with Gasteiger partial charge in [0.15, 0.2) is 11.6 Å². The summed E-state index contributed by atoms with van der Waals surface area (Å²) < 4.78 is 18.4. The Hall–Kier alpha value is -1.62. The van der Waals surface area contributed by atoms with Crippen molar-refractivity contribution in [3.05, 3.63) is 29.6 Å². The predicted molar refractivity (Wildman–Crippen MR) is 75.3 cm³/mol. The first-order valence-corrected chi connectivity index (χ1v) is 7.01. The van der Waals surface area contributed by atoms with Crippen LogP contribution in [0.25, 0.3) is 0 Å². The van der Waals surface area contributed by atoms with Gasteiger partial charge in [-0.1, -0.05) is 6.07 Å². The molecule has 0 spiro atoms. The lowest BCUT2D eigenvalue weighted by atomic mass is 10.1. The molecular weight excluding hydrogens is 259 g/mol. The largest absolute Gasteiger partial charge is 0.494 e. The van der Waals surface area contributed by atoms with Crippen LogP contribution < -0.4 is 15.4 Å². The maximum absolute atomic E-state index is 13.5. The number of carbonyl (C=O) groups is 1. The number of piperidine rings is 1. The highest BCUT2D eigenvalue weighted by Gasteiger charge is 2.15. The monoisotopic (exact) mass is 280 g/mol. The number of aryl methyl sites for hydroxylation is 1. The van der Waals surface area contributed by atoms with E-state index in [2.05, 4.69) is 10.6 Å². The average Bonchev–Trinajstić information content (AvgIpc) is 2.46. The molecule has 1 fully saturated rings. The number of rotatable bonds is 5. The highest BCUT2D eigenvalue weighted by Crippen LogP contribution is 2.18. The number of nitrogens with one attached hydrogen (secondary N) is 2. The summed E-state index contributed by atoms with van der Waals surface area (Å²) in [4.78, 5) is 11.8. The fourth-order valence-electron chi connectivity index (χ4n) is 2.40. The summed E-state index contributed by atoms with van der Waals surface area (Å²) in [5.41, 5.74) is 0.806. The number of hydrogen-bond acceptors (Lipinski definition) is 3. The summed E-state index contributed by atoms with van der Waals surface area (Å²) in [6.07, 6.45) is 3.03. The summed E-state index contributed by atoms with van der Waals surface area (Å²) >= 11 is 0. The fourth-order valence-corrected chi connectivity index (χ4v) is 2.40. The minimum atomic E-state index is -0.387. The summed E-state index contributed by atoms with van der Waals surface area (Å²) in [6, 6.07) is 5.03. The zero-order chi connectivity index (χ0) is 14.4. The Bertz CT molecular complexity index is 459. The molecule has 1 heterocycles. The predicted octanol–water partition coefficient (Wildman–Crippen LogP) is 1.64. The van der Waals surface area contributed by atoms with Gasteiger partial charge in [0.25, 0.3) is 0 Å². The van der Waals surface area contributed by atoms with Crippen molar-refractivity contribution in [2.75, 3.05) is 20.2 Å². The third-order valence-corrected chi connectivity index (χ3v) is 3.52. The van der Waals surface area contributed by atoms with Crippen molar-refractivity contribution < 1.29 is 13.9 Å². The number of amides is 1. The molecule has 4 nitrogen and oxygen atoms in total. The zero-order valence-electron chi connectivity index (χ0n) is 11.7. The van der Waals surface area contributed by atoms with Crippen LogP contribution in [0, 0.1) is 5.82 Å². The second-order valence-electron chi connectivity index (χ2n) is 5.08. The van der Waals surface area contributed by atoms with Crippen molar-refractivity contribution >= 4 is 5.91 Å². The Balaban J connectivity index is 1.79. The molecule has 2 rings (SSSR count). The van der Waals surface area contributed by atoms with Gasteiger partial charge < -0.3 is 15.4 Å². The highest BCUT2D eigenvalue weighted by molar-refractivity contribution is 5.76. The maximum Gasteiger partial charge on any atom is 0.220 e. The minimum Gasteiger partial charge on any atom is -0.494 e. The van der Waals surface area contributed by atoms with Crippen molar-refractivity contribution in [1.82, 2.24) is 10.6 Å². The SMILES string of the molecule is COc1ccc(CCC(=O)N[C@H]2CCCNC2)cc1F. The van der Waals surface area contributed by atoms with Gasteiger partial charge in [-0.3, -0.25) is 4.79 Å². The molecule has 1 aromatic carbocycles. The van der Waals surface area contributed by atoms with E-state index in [9.17, 15) is 9.18 Å². The van der Waals surface area contributed by atoms with Crippen LogP contribution in [-0.4, -0.2) is 32.1 Å². The van der Waals surface area contributed by atoms with Crippen LogP contribution in [-0.2, 0) is 11.2 Å². The molecule has 1 atom stereocenters. The van der Waals surface area contributed by atoms with E-state index in [1.165, 1.54) is 13.2 Å². The standard InChI is InChI=1S/C15H21FN2O2/c1-20-14-6-4-11(9-13(14)16)5-7-15(19)18-12-3-2-8-17-10-12/h4,6,9,12,17H,2-3,5,7-8,10H2,1H3,(H,18,19)/t12-/m0/s1. The molecule has 0 unspecified atom stereocenters. The summed E-state index contributed by atoms with van der Waals surface area (Å²) in [5, 5.41) is 6.26. The van der Waals surface area contributed by atoms with Gasteiger partial charge in [0.2, 0.25) is 5.91 Å². The lowest BCUT2D eigenvalue weighted by Crippen LogP contribution is -2.45. The van der Waals surface area contributed by atoms with Gasteiger partial charge in [-0.05, 0) is 43.5 Å². The molecule has 20 heavy (non-hydrogen) atoms. The summed E-state index contributed by atoms with van der Waals surface area (Å²) in [5.74, 6) is -0.136. The molecule has 1 saturated heterocycles. The van der Waals surface area contributed by atoms with E-state index in [4.69, 9.17) is 4.74 Å². The van der Waals surface area contributed by atoms with Crippen LogP contribution in [0.5, 0.6) is 5.75 Å². The van der Waals surface area contributed by atoms with Gasteiger partial charge in [-0.2, -0.15) is 0 Å². The molecule has 2 N–H and O–H groups in total. The van der Waals surface area contributed by atoms with Gasteiger partial charge in [-0.25, -0.2) is 4.39 Å². The van der Waals surface area contributed by atoms with Crippen LogP contribution in [0.1, 0.15) is 24.8 Å². The molecule has 0 bridgehead atoms. The third kappa shape index (κ3) is 4.20. The Labute approximate surface area is 118 Å². The number of methoxy groups -OCH3 is 1. The summed E-state index contributed by atoms with van der Waals surface area (Å²) in [7, 11) is 1.43. The van der Waals surface area contributed by atoms with Crippen LogP contribution in [0.2, 0.25) is 0 Å². The van der Waals surface area contributed by atoms with E-state index < -0.39 is 0 Å². The molecule has 0 aliphatic carbocycles. The van der Waals surface area contributed by atoms with Crippen molar-refractivity contribution in [2.45, 2.75) is 31.7 Å². The number of benzene rings is 1. The number of carbonyl (C=O) groups excluding carboxylic acids is 1. The lowest BCUT2D eigenvalue weighted by molar-refractivity contribution is -0.121. The van der Waals surface area contributed by atoms with E-state index in [1.807, 2.05) is 0 Å². The van der Waals surface area contributed by atoms with Crippen molar-refractivity contribution in [2.24, 2.45) is 0 Å². The quantitative estimate of drug-likeness (QED) is 0.862. The van der Waals surface area contributed by atoms with E-state index in [0.717, 1.165) is 31.5 Å². The fraction of sp³-hybridized carbons (Fsp3) is 0.533. The molecule has 0 radical (unpaired) electrons. The molecular formula is C15H21FN2O2. The van der Waals surface area contributed by atoms with E-state index in [1.54, 1.807) is 12.1 Å². The van der Waals surface area contributed by atoms with Crippen molar-refractivity contribution in [3.63, 3.8) is 0 Å². The van der Waals surface area contributed by atoms with Gasteiger partial charge in [0.05, 0.1) is 7.11 Å². The smallest absolute Gasteiger partial charge is 0.220 e. The lowest BCUT2D eigenvalue weighted by Gasteiger charge is -2.23. The first kappa shape index (κ1) is 14.8. The molecule has 5 heteroatoms. The maximum atomic E-state index is 13.5. The number of ether oxygens (including phenoxy) is 1. The summed E-state index contributed by atoms with van der Waals surface area (Å²) in [6.45, 7) is 1.86. The number of hydrogen-bond donors (Lipinski definition) is 2. The van der Waals surface area contributed by atoms with Crippen molar-refractivity contribution in [3.8, 4) is 5.75 Å². The highest BCUT2D eigenvalue weighted by atomic mass is 19.1. The molecule has 1 aliphatic heterocycles. The van der Waals surface area contributed by atoms with Gasteiger partial charge in [0.1, 0.15) is 0 Å². The Morgan fingerprint density at radius 3 is 3.05 bits per heavy atom. The number of halogens is 1. The third-order valence-electron chi connectivity index (χ3n) is 3.52. The van der Waals surface area contributed by atoms with Crippen molar-refractivity contribution in [1.29, 1.82) is 0 Å². The molecule has 0 saturated carbocycles. The zero-order valence-corrected chi connectivity index (χ0v) is 11.7. The van der Waals surface area contributed by atoms with E-state index in [-0.39, 0.29) is 23.5 Å². The molecule has 1 aromatic rings. The molecule has 1 amide bonds. The van der Waals surface area contributed by atoms with Crippen LogP contribution in [0.15, 0.2) is 18.2 Å². The first-order chi connectivity index (χ1) is 9.69. The van der Waals surface area contributed by atoms with Gasteiger partial charge in [-0.15, -0.1) is 0 Å². The molecule has 110 valence electrons. The molecule has 0 aromatic heterocycles. The Kier molecular flexibility index (Phi) is 5.35. The molecule has 1 aliphatic rings. The average molecular weight is 280 g/mol. The Morgan fingerprint density at radius 1 is 1.55 bits per heavy atom. The van der Waals surface area contributed by atoms with Crippen LogP contribution >= 0.6 is 0 Å². The van der Waals surface area contributed by atoms with Gasteiger partial charge >= 0.3 is 0 Å². The second-order valence-corrected chi connectivity index (χ2v) is 5.08. The van der Waals surface area contributed by atoms with Crippen LogP contribution in [0.4, 0.5) is 4.39 Å². The first-order valence-electron chi connectivity index (χ1n) is 7.01.